The number of aromatic nitrogens is 2. The fourth-order valence-corrected chi connectivity index (χ4v) is 2.75. The lowest BCUT2D eigenvalue weighted by atomic mass is 10.1. The molecular weight excluding hydrogens is 314 g/mol. The topological polar surface area (TPSA) is 85.1 Å². The van der Waals surface area contributed by atoms with E-state index >= 15 is 0 Å². The number of benzene rings is 1. The number of fused-ring (bicyclic) bond motifs is 1. The number of sulfone groups is 1. The molecule has 0 aliphatic rings. The molecule has 0 radical (unpaired) electrons. The molecule has 23 heavy (non-hydrogen) atoms. The van der Waals surface area contributed by atoms with Crippen LogP contribution in [0.4, 0.5) is 0 Å². The fourth-order valence-electron chi connectivity index (χ4n) is 2.24. The summed E-state index contributed by atoms with van der Waals surface area (Å²) in [5.41, 5.74) is 1.84. The average Bonchev–Trinajstić information content (AvgIpc) is 2.99. The van der Waals surface area contributed by atoms with Crippen LogP contribution >= 0.6 is 0 Å². The monoisotopic (exact) mass is 331 g/mol. The Bertz CT molecular complexity index is 919. The van der Waals surface area contributed by atoms with Crippen LogP contribution in [0.2, 0.25) is 0 Å². The Balaban J connectivity index is 1.68. The molecule has 120 valence electrons. The standard InChI is InChI=1S/C16H17N3O3S/c1-23(20,21)7-6-17-10-14-3-5-16(22-14)12-2-4-15-13(8-12)9-18-11-19-15/h2-5,8-9,11,17H,6-7,10H2,1H3. The Kier molecular flexibility index (Phi) is 4.40. The van der Waals surface area contributed by atoms with Gasteiger partial charge in [-0.3, -0.25) is 0 Å². The van der Waals surface area contributed by atoms with Gasteiger partial charge in [0.2, 0.25) is 0 Å². The van der Waals surface area contributed by atoms with Crippen molar-refractivity contribution >= 4 is 20.7 Å². The van der Waals surface area contributed by atoms with Gasteiger partial charge in [-0.25, -0.2) is 18.4 Å². The molecular formula is C16H17N3O3S. The summed E-state index contributed by atoms with van der Waals surface area (Å²) in [7, 11) is -2.94. The zero-order chi connectivity index (χ0) is 16.3. The minimum Gasteiger partial charge on any atom is -0.460 e. The Morgan fingerprint density at radius 3 is 2.91 bits per heavy atom. The molecule has 0 saturated heterocycles. The van der Waals surface area contributed by atoms with E-state index in [1.54, 1.807) is 6.20 Å². The second kappa shape index (κ2) is 6.47. The van der Waals surface area contributed by atoms with E-state index < -0.39 is 9.84 Å². The highest BCUT2D eigenvalue weighted by Crippen LogP contribution is 2.25. The van der Waals surface area contributed by atoms with Gasteiger partial charge in [-0.05, 0) is 30.3 Å². The van der Waals surface area contributed by atoms with Crippen molar-refractivity contribution in [3.63, 3.8) is 0 Å². The molecule has 0 spiro atoms. The van der Waals surface area contributed by atoms with Crippen LogP contribution in [-0.4, -0.2) is 36.9 Å². The highest BCUT2D eigenvalue weighted by atomic mass is 32.2. The van der Waals surface area contributed by atoms with Gasteiger partial charge in [-0.15, -0.1) is 0 Å². The van der Waals surface area contributed by atoms with Crippen molar-refractivity contribution in [2.75, 3.05) is 18.6 Å². The van der Waals surface area contributed by atoms with Gasteiger partial charge in [0.15, 0.2) is 0 Å². The van der Waals surface area contributed by atoms with E-state index in [1.165, 1.54) is 12.6 Å². The van der Waals surface area contributed by atoms with Gasteiger partial charge in [0.1, 0.15) is 27.7 Å². The molecule has 0 amide bonds. The summed E-state index contributed by atoms with van der Waals surface area (Å²) < 4.78 is 27.9. The Morgan fingerprint density at radius 1 is 1.22 bits per heavy atom. The first kappa shape index (κ1) is 15.6. The Morgan fingerprint density at radius 2 is 2.09 bits per heavy atom. The number of rotatable bonds is 6. The predicted molar refractivity (Wildman–Crippen MR) is 88.7 cm³/mol. The summed E-state index contributed by atoms with van der Waals surface area (Å²) >= 11 is 0. The third-order valence-electron chi connectivity index (χ3n) is 3.40. The highest BCUT2D eigenvalue weighted by molar-refractivity contribution is 7.90. The summed E-state index contributed by atoms with van der Waals surface area (Å²) in [4.78, 5) is 8.21. The van der Waals surface area contributed by atoms with Gasteiger partial charge in [0.05, 0.1) is 17.8 Å². The third kappa shape index (κ3) is 4.14. The van der Waals surface area contributed by atoms with E-state index in [4.69, 9.17) is 4.42 Å². The first-order valence-corrected chi connectivity index (χ1v) is 9.25. The van der Waals surface area contributed by atoms with Gasteiger partial charge < -0.3 is 9.73 Å². The maximum atomic E-state index is 11.1. The van der Waals surface area contributed by atoms with Gasteiger partial charge >= 0.3 is 0 Å². The molecule has 0 bridgehead atoms. The van der Waals surface area contributed by atoms with Crippen LogP contribution in [-0.2, 0) is 16.4 Å². The lowest BCUT2D eigenvalue weighted by molar-refractivity contribution is 0.498. The molecule has 0 unspecified atom stereocenters. The quantitative estimate of drug-likeness (QED) is 0.696. The van der Waals surface area contributed by atoms with Crippen LogP contribution in [0.25, 0.3) is 22.2 Å². The van der Waals surface area contributed by atoms with E-state index in [2.05, 4.69) is 15.3 Å². The van der Waals surface area contributed by atoms with Gasteiger partial charge in [-0.2, -0.15) is 0 Å². The maximum absolute atomic E-state index is 11.1. The first-order chi connectivity index (χ1) is 11.0. The minimum absolute atomic E-state index is 0.116. The van der Waals surface area contributed by atoms with E-state index in [1.807, 2.05) is 30.3 Å². The molecule has 1 aromatic carbocycles. The third-order valence-corrected chi connectivity index (χ3v) is 4.35. The number of hydrogen-bond donors (Lipinski definition) is 1. The molecule has 0 saturated carbocycles. The average molecular weight is 331 g/mol. The van der Waals surface area contributed by atoms with Crippen molar-refractivity contribution in [2.45, 2.75) is 6.54 Å². The number of hydrogen-bond acceptors (Lipinski definition) is 6. The fraction of sp³-hybridized carbons (Fsp3) is 0.250. The van der Waals surface area contributed by atoms with Crippen molar-refractivity contribution in [3.05, 3.63) is 48.6 Å². The van der Waals surface area contributed by atoms with Crippen LogP contribution in [0, 0.1) is 0 Å². The molecule has 7 heteroatoms. The van der Waals surface area contributed by atoms with Crippen molar-refractivity contribution in [3.8, 4) is 11.3 Å². The van der Waals surface area contributed by atoms with E-state index in [0.717, 1.165) is 28.0 Å². The predicted octanol–water partition coefficient (Wildman–Crippen LogP) is 2.02. The van der Waals surface area contributed by atoms with Crippen LogP contribution < -0.4 is 5.32 Å². The summed E-state index contributed by atoms with van der Waals surface area (Å²) in [6, 6.07) is 9.65. The van der Waals surface area contributed by atoms with Crippen molar-refractivity contribution in [1.82, 2.24) is 15.3 Å². The first-order valence-electron chi connectivity index (χ1n) is 7.18. The zero-order valence-electron chi connectivity index (χ0n) is 12.7. The van der Waals surface area contributed by atoms with Crippen molar-refractivity contribution in [2.24, 2.45) is 0 Å². The van der Waals surface area contributed by atoms with Crippen LogP contribution in [0.3, 0.4) is 0 Å². The molecule has 0 aliphatic heterocycles. The summed E-state index contributed by atoms with van der Waals surface area (Å²) in [5, 5.41) is 4.01. The minimum atomic E-state index is -2.94. The molecule has 1 N–H and O–H groups in total. The number of nitrogens with one attached hydrogen (secondary N) is 1. The zero-order valence-corrected chi connectivity index (χ0v) is 13.5. The molecule has 3 aromatic rings. The number of furan rings is 1. The molecule has 0 atom stereocenters. The van der Waals surface area contributed by atoms with E-state index in [0.29, 0.717) is 13.1 Å². The second-order valence-corrected chi connectivity index (χ2v) is 7.63. The molecule has 3 rings (SSSR count). The lowest BCUT2D eigenvalue weighted by Crippen LogP contribution is -2.21. The highest BCUT2D eigenvalue weighted by Gasteiger charge is 2.07. The smallest absolute Gasteiger partial charge is 0.148 e. The van der Waals surface area contributed by atoms with Crippen LogP contribution in [0.1, 0.15) is 5.76 Å². The SMILES string of the molecule is CS(=O)(=O)CCNCc1ccc(-c2ccc3ncncc3c2)o1. The molecule has 0 fully saturated rings. The van der Waals surface area contributed by atoms with Crippen molar-refractivity contribution < 1.29 is 12.8 Å². The van der Waals surface area contributed by atoms with Gasteiger partial charge in [0, 0.05) is 29.9 Å². The van der Waals surface area contributed by atoms with E-state index in [-0.39, 0.29) is 5.75 Å². The Hall–Kier alpha value is -2.25. The summed E-state index contributed by atoms with van der Waals surface area (Å²) in [6.45, 7) is 0.897. The molecule has 6 nitrogen and oxygen atoms in total. The van der Waals surface area contributed by atoms with Crippen LogP contribution in [0.5, 0.6) is 0 Å². The lowest BCUT2D eigenvalue weighted by Gasteiger charge is -2.02. The van der Waals surface area contributed by atoms with E-state index in [9.17, 15) is 8.42 Å². The van der Waals surface area contributed by atoms with Gasteiger partial charge in [-0.1, -0.05) is 0 Å². The summed E-state index contributed by atoms with van der Waals surface area (Å²) in [6.07, 6.45) is 4.51. The summed E-state index contributed by atoms with van der Waals surface area (Å²) in [5.74, 6) is 1.64. The molecule has 2 aromatic heterocycles. The van der Waals surface area contributed by atoms with Crippen molar-refractivity contribution in [1.29, 1.82) is 0 Å². The molecule has 2 heterocycles. The van der Waals surface area contributed by atoms with Crippen LogP contribution in [0.15, 0.2) is 47.3 Å². The normalized spacial score (nSPS) is 11.9. The molecule has 0 aliphatic carbocycles. The Labute approximate surface area is 134 Å². The largest absolute Gasteiger partial charge is 0.460 e. The maximum Gasteiger partial charge on any atom is 0.148 e. The number of nitrogens with zero attached hydrogens (tertiary/aromatic N) is 2. The second-order valence-electron chi connectivity index (χ2n) is 5.37. The van der Waals surface area contributed by atoms with Gasteiger partial charge in [0.25, 0.3) is 0 Å².